The Kier molecular flexibility index (Phi) is 7.89. The zero-order valence-corrected chi connectivity index (χ0v) is 15.7. The van der Waals surface area contributed by atoms with Crippen molar-refractivity contribution in [2.75, 3.05) is 25.9 Å². The summed E-state index contributed by atoms with van der Waals surface area (Å²) in [7, 11) is -1.61. The van der Waals surface area contributed by atoms with Crippen molar-refractivity contribution in [3.05, 3.63) is 28.7 Å². The Hall–Kier alpha value is -1.08. The SMILES string of the molecule is CN=C(NCCC(C)C)NCCS(=O)(=O)c1ccc(Br)cc1. The van der Waals surface area contributed by atoms with Crippen molar-refractivity contribution >= 4 is 31.7 Å². The molecule has 0 aliphatic rings. The molecule has 0 radical (unpaired) electrons. The van der Waals surface area contributed by atoms with Gasteiger partial charge in [-0.2, -0.15) is 0 Å². The first-order chi connectivity index (χ1) is 10.3. The van der Waals surface area contributed by atoms with Crippen LogP contribution in [0.1, 0.15) is 20.3 Å². The highest BCUT2D eigenvalue weighted by Crippen LogP contribution is 2.15. The number of sulfone groups is 1. The average molecular weight is 390 g/mol. The Morgan fingerprint density at radius 1 is 1.18 bits per heavy atom. The van der Waals surface area contributed by atoms with E-state index in [0.717, 1.165) is 17.4 Å². The molecule has 0 aliphatic carbocycles. The smallest absolute Gasteiger partial charge is 0.191 e. The monoisotopic (exact) mass is 389 g/mol. The number of nitrogens with zero attached hydrogens (tertiary/aromatic N) is 1. The molecule has 1 aromatic carbocycles. The third-order valence-corrected chi connectivity index (χ3v) is 5.33. The highest BCUT2D eigenvalue weighted by atomic mass is 79.9. The summed E-state index contributed by atoms with van der Waals surface area (Å²) in [6.07, 6.45) is 1.04. The van der Waals surface area contributed by atoms with E-state index >= 15 is 0 Å². The predicted octanol–water partition coefficient (Wildman–Crippen LogP) is 2.43. The maximum atomic E-state index is 12.2. The van der Waals surface area contributed by atoms with Crippen LogP contribution in [0.2, 0.25) is 0 Å². The van der Waals surface area contributed by atoms with Crippen LogP contribution in [0.5, 0.6) is 0 Å². The van der Waals surface area contributed by atoms with Crippen LogP contribution in [0.25, 0.3) is 0 Å². The molecule has 22 heavy (non-hydrogen) atoms. The fraction of sp³-hybridized carbons (Fsp3) is 0.533. The van der Waals surface area contributed by atoms with Crippen LogP contribution >= 0.6 is 15.9 Å². The molecule has 0 aliphatic heterocycles. The topological polar surface area (TPSA) is 70.6 Å². The maximum absolute atomic E-state index is 12.2. The van der Waals surface area contributed by atoms with Crippen LogP contribution in [-0.2, 0) is 9.84 Å². The van der Waals surface area contributed by atoms with Crippen LogP contribution in [0.15, 0.2) is 38.6 Å². The molecule has 7 heteroatoms. The van der Waals surface area contributed by atoms with Gasteiger partial charge in [-0.25, -0.2) is 8.42 Å². The molecule has 0 heterocycles. The normalized spacial score (nSPS) is 12.5. The summed E-state index contributed by atoms with van der Waals surface area (Å²) < 4.78 is 25.3. The Balaban J connectivity index is 2.46. The average Bonchev–Trinajstić information content (AvgIpc) is 2.45. The second kappa shape index (κ2) is 9.15. The van der Waals surface area contributed by atoms with Gasteiger partial charge >= 0.3 is 0 Å². The van der Waals surface area contributed by atoms with Crippen molar-refractivity contribution in [1.82, 2.24) is 10.6 Å². The largest absolute Gasteiger partial charge is 0.356 e. The summed E-state index contributed by atoms with van der Waals surface area (Å²) in [6.45, 7) is 5.45. The van der Waals surface area contributed by atoms with Crippen molar-refractivity contribution in [3.8, 4) is 0 Å². The lowest BCUT2D eigenvalue weighted by molar-refractivity contribution is 0.573. The van der Waals surface area contributed by atoms with E-state index in [0.29, 0.717) is 23.3 Å². The molecule has 124 valence electrons. The van der Waals surface area contributed by atoms with E-state index in [1.807, 2.05) is 0 Å². The summed E-state index contributed by atoms with van der Waals surface area (Å²) in [6, 6.07) is 6.67. The van der Waals surface area contributed by atoms with Crippen molar-refractivity contribution in [2.24, 2.45) is 10.9 Å². The molecule has 0 aromatic heterocycles. The van der Waals surface area contributed by atoms with E-state index in [4.69, 9.17) is 0 Å². The molecule has 5 nitrogen and oxygen atoms in total. The first-order valence-corrected chi connectivity index (χ1v) is 9.72. The van der Waals surface area contributed by atoms with Gasteiger partial charge in [-0.3, -0.25) is 4.99 Å². The molecule has 0 saturated carbocycles. The van der Waals surface area contributed by atoms with Crippen LogP contribution in [0.4, 0.5) is 0 Å². The Bertz CT molecular complexity index is 583. The van der Waals surface area contributed by atoms with Gasteiger partial charge in [0.2, 0.25) is 0 Å². The fourth-order valence-electron chi connectivity index (χ4n) is 1.76. The minimum Gasteiger partial charge on any atom is -0.356 e. The van der Waals surface area contributed by atoms with Gasteiger partial charge in [0.05, 0.1) is 10.6 Å². The van der Waals surface area contributed by atoms with Crippen LogP contribution in [-0.4, -0.2) is 40.3 Å². The number of hydrogen-bond donors (Lipinski definition) is 2. The molecule has 2 N–H and O–H groups in total. The first kappa shape index (κ1) is 19.0. The lowest BCUT2D eigenvalue weighted by Crippen LogP contribution is -2.40. The van der Waals surface area contributed by atoms with E-state index in [1.54, 1.807) is 31.3 Å². The van der Waals surface area contributed by atoms with E-state index < -0.39 is 9.84 Å². The van der Waals surface area contributed by atoms with Crippen LogP contribution < -0.4 is 10.6 Å². The van der Waals surface area contributed by atoms with Gasteiger partial charge in [-0.05, 0) is 36.6 Å². The van der Waals surface area contributed by atoms with E-state index in [9.17, 15) is 8.42 Å². The number of benzene rings is 1. The fourth-order valence-corrected chi connectivity index (χ4v) is 3.19. The molecular weight excluding hydrogens is 366 g/mol. The van der Waals surface area contributed by atoms with E-state index in [1.165, 1.54) is 0 Å². The second-order valence-electron chi connectivity index (χ2n) is 5.38. The first-order valence-electron chi connectivity index (χ1n) is 7.28. The van der Waals surface area contributed by atoms with Crippen LogP contribution in [0, 0.1) is 5.92 Å². The predicted molar refractivity (Wildman–Crippen MR) is 95.0 cm³/mol. The molecular formula is C15H24BrN3O2S. The number of nitrogens with one attached hydrogen (secondary N) is 2. The molecule has 0 saturated heterocycles. The molecule has 1 aromatic rings. The van der Waals surface area contributed by atoms with E-state index in [-0.39, 0.29) is 5.75 Å². The molecule has 0 fully saturated rings. The van der Waals surface area contributed by atoms with Gasteiger partial charge < -0.3 is 10.6 Å². The van der Waals surface area contributed by atoms with E-state index in [2.05, 4.69) is 45.4 Å². The van der Waals surface area contributed by atoms with Gasteiger partial charge in [0.25, 0.3) is 0 Å². The van der Waals surface area contributed by atoms with Crippen LogP contribution in [0.3, 0.4) is 0 Å². The molecule has 0 amide bonds. The highest BCUT2D eigenvalue weighted by molar-refractivity contribution is 9.10. The third kappa shape index (κ3) is 6.79. The van der Waals surface area contributed by atoms with Gasteiger partial charge in [0, 0.05) is 24.6 Å². The highest BCUT2D eigenvalue weighted by Gasteiger charge is 2.14. The number of aliphatic imine (C=N–C) groups is 1. The number of halogens is 1. The standard InChI is InChI=1S/C15H24BrN3O2S/c1-12(2)8-9-18-15(17-3)19-10-11-22(20,21)14-6-4-13(16)5-7-14/h4-7,12H,8-11H2,1-3H3,(H2,17,18,19). The number of guanidine groups is 1. The summed E-state index contributed by atoms with van der Waals surface area (Å²) >= 11 is 3.30. The molecule has 0 unspecified atom stereocenters. The quantitative estimate of drug-likeness (QED) is 0.554. The Morgan fingerprint density at radius 3 is 2.32 bits per heavy atom. The molecule has 0 atom stereocenters. The second-order valence-corrected chi connectivity index (χ2v) is 8.41. The maximum Gasteiger partial charge on any atom is 0.191 e. The Labute approximate surface area is 141 Å². The summed E-state index contributed by atoms with van der Waals surface area (Å²) in [5, 5.41) is 6.20. The zero-order valence-electron chi connectivity index (χ0n) is 13.3. The van der Waals surface area contributed by atoms with Crippen molar-refractivity contribution in [3.63, 3.8) is 0 Å². The minimum absolute atomic E-state index is 0.0273. The molecule has 1 rings (SSSR count). The number of rotatable bonds is 7. The van der Waals surface area contributed by atoms with Gasteiger partial charge in [-0.1, -0.05) is 29.8 Å². The summed E-state index contributed by atoms with van der Waals surface area (Å²) in [5.74, 6) is 1.27. The molecule has 0 bridgehead atoms. The Morgan fingerprint density at radius 2 is 1.77 bits per heavy atom. The van der Waals surface area contributed by atoms with Gasteiger partial charge in [0.15, 0.2) is 15.8 Å². The van der Waals surface area contributed by atoms with Crippen molar-refractivity contribution in [2.45, 2.75) is 25.2 Å². The van der Waals surface area contributed by atoms with Crippen molar-refractivity contribution < 1.29 is 8.42 Å². The summed E-state index contributed by atoms with van der Waals surface area (Å²) in [5.41, 5.74) is 0. The molecule has 0 spiro atoms. The minimum atomic E-state index is -3.28. The number of hydrogen-bond acceptors (Lipinski definition) is 3. The van der Waals surface area contributed by atoms with Gasteiger partial charge in [-0.15, -0.1) is 0 Å². The lowest BCUT2D eigenvalue weighted by Gasteiger charge is -2.13. The van der Waals surface area contributed by atoms with Gasteiger partial charge in [0.1, 0.15) is 0 Å². The summed E-state index contributed by atoms with van der Waals surface area (Å²) in [4.78, 5) is 4.42. The van der Waals surface area contributed by atoms with Crippen molar-refractivity contribution in [1.29, 1.82) is 0 Å². The third-order valence-electron chi connectivity index (χ3n) is 3.07. The lowest BCUT2D eigenvalue weighted by atomic mass is 10.1. The zero-order chi connectivity index (χ0) is 16.6.